The lowest BCUT2D eigenvalue weighted by Crippen LogP contribution is -2.27. The number of fused-ring (bicyclic) bond motifs is 1. The maximum Gasteiger partial charge on any atom is 0.416 e. The highest BCUT2D eigenvalue weighted by Gasteiger charge is 2.32. The number of nitriles is 1. The van der Waals surface area contributed by atoms with Crippen LogP contribution in [-0.2, 0) is 12.7 Å². The van der Waals surface area contributed by atoms with Gasteiger partial charge in [0.2, 0.25) is 0 Å². The molecule has 0 aliphatic rings. The zero-order valence-electron chi connectivity index (χ0n) is 20.0. The second-order valence-corrected chi connectivity index (χ2v) is 8.60. The second-order valence-electron chi connectivity index (χ2n) is 8.16. The quantitative estimate of drug-likeness (QED) is 0.332. The van der Waals surface area contributed by atoms with Crippen LogP contribution in [0.1, 0.15) is 33.0 Å². The summed E-state index contributed by atoms with van der Waals surface area (Å²) in [6, 6.07) is 9.12. The molecule has 2 heterocycles. The number of pyridine rings is 1. The van der Waals surface area contributed by atoms with Gasteiger partial charge >= 0.3 is 12.1 Å². The molecule has 4 aromatic rings. The van der Waals surface area contributed by atoms with Gasteiger partial charge in [-0.15, -0.1) is 6.42 Å². The molecule has 0 bridgehead atoms. The van der Waals surface area contributed by atoms with Gasteiger partial charge in [-0.05, 0) is 43.3 Å². The smallest absolute Gasteiger partial charge is 0.416 e. The van der Waals surface area contributed by atoms with Crippen LogP contribution >= 0.6 is 11.6 Å². The summed E-state index contributed by atoms with van der Waals surface area (Å²) in [5.41, 5.74) is -2.05. The molecule has 196 valence electrons. The molecule has 8 nitrogen and oxygen atoms in total. The molecule has 0 aliphatic carbocycles. The third-order valence-corrected chi connectivity index (χ3v) is 6.03. The first kappa shape index (κ1) is 27.2. The first-order valence-corrected chi connectivity index (χ1v) is 11.5. The molecule has 0 saturated carbocycles. The molecule has 2 aromatic carbocycles. The van der Waals surface area contributed by atoms with Crippen LogP contribution in [0.15, 0.2) is 47.4 Å². The third-order valence-electron chi connectivity index (χ3n) is 5.80. The maximum absolute atomic E-state index is 13.2. The summed E-state index contributed by atoms with van der Waals surface area (Å²) in [4.78, 5) is 32.7. The highest BCUT2D eigenvalue weighted by atomic mass is 35.5. The Balaban J connectivity index is 1.70. The predicted octanol–water partition coefficient (Wildman–Crippen LogP) is 5.07. The highest BCUT2D eigenvalue weighted by molar-refractivity contribution is 6.31. The lowest BCUT2D eigenvalue weighted by molar-refractivity contribution is -0.137. The Morgan fingerprint density at radius 3 is 2.62 bits per heavy atom. The SMILES string of the molecule is C#Cc1c(-c2cc(Cl)ccc2OCCn2c(C)nc3cc(C(F)(F)F)cc(C#N)c3c2=O)ccnc1C(=O)O. The first-order chi connectivity index (χ1) is 18.5. The number of nitrogens with zero attached hydrogens (tertiary/aromatic N) is 4. The van der Waals surface area contributed by atoms with Crippen LogP contribution in [0.3, 0.4) is 0 Å². The Kier molecular flexibility index (Phi) is 7.30. The molecular formula is C27H16ClF3N4O4. The lowest BCUT2D eigenvalue weighted by atomic mass is 9.98. The Morgan fingerprint density at radius 1 is 1.23 bits per heavy atom. The summed E-state index contributed by atoms with van der Waals surface area (Å²) >= 11 is 6.17. The van der Waals surface area contributed by atoms with E-state index in [-0.39, 0.29) is 46.9 Å². The van der Waals surface area contributed by atoms with Crippen LogP contribution < -0.4 is 10.3 Å². The van der Waals surface area contributed by atoms with E-state index < -0.39 is 28.8 Å². The zero-order valence-corrected chi connectivity index (χ0v) is 20.8. The minimum Gasteiger partial charge on any atom is -0.491 e. The van der Waals surface area contributed by atoms with Gasteiger partial charge in [-0.1, -0.05) is 17.5 Å². The fraction of sp³-hybridized carbons (Fsp3) is 0.148. The van der Waals surface area contributed by atoms with Crippen molar-refractivity contribution < 1.29 is 27.8 Å². The Bertz CT molecular complexity index is 1790. The summed E-state index contributed by atoms with van der Waals surface area (Å²) in [5.74, 6) is 1.41. The average molecular weight is 553 g/mol. The zero-order chi connectivity index (χ0) is 28.5. The van der Waals surface area contributed by atoms with Gasteiger partial charge < -0.3 is 9.84 Å². The maximum atomic E-state index is 13.2. The fourth-order valence-electron chi connectivity index (χ4n) is 4.05. The van der Waals surface area contributed by atoms with Crippen molar-refractivity contribution in [3.05, 3.63) is 86.2 Å². The van der Waals surface area contributed by atoms with E-state index in [1.807, 2.05) is 0 Å². The van der Waals surface area contributed by atoms with Crippen LogP contribution in [-0.4, -0.2) is 32.2 Å². The van der Waals surface area contributed by atoms with Crippen molar-refractivity contribution in [2.75, 3.05) is 6.61 Å². The van der Waals surface area contributed by atoms with Crippen molar-refractivity contribution in [2.24, 2.45) is 0 Å². The van der Waals surface area contributed by atoms with Gasteiger partial charge in [0.05, 0.1) is 34.1 Å². The number of hydrogen-bond acceptors (Lipinski definition) is 6. The predicted molar refractivity (Wildman–Crippen MR) is 136 cm³/mol. The van der Waals surface area contributed by atoms with Gasteiger partial charge in [-0.3, -0.25) is 9.36 Å². The van der Waals surface area contributed by atoms with Crippen molar-refractivity contribution in [3.8, 4) is 35.3 Å². The fourth-order valence-corrected chi connectivity index (χ4v) is 4.22. The number of benzene rings is 2. The number of rotatable bonds is 6. The number of alkyl halides is 3. The van der Waals surface area contributed by atoms with Crippen LogP contribution in [0, 0.1) is 30.6 Å². The summed E-state index contributed by atoms with van der Waals surface area (Å²) in [7, 11) is 0. The molecule has 39 heavy (non-hydrogen) atoms. The summed E-state index contributed by atoms with van der Waals surface area (Å²) < 4.78 is 46.8. The number of aromatic nitrogens is 3. The molecule has 4 rings (SSSR count). The monoisotopic (exact) mass is 552 g/mol. The largest absolute Gasteiger partial charge is 0.491 e. The molecule has 0 spiro atoms. The highest BCUT2D eigenvalue weighted by Crippen LogP contribution is 2.35. The number of aromatic carboxylic acids is 1. The van der Waals surface area contributed by atoms with E-state index in [0.717, 1.165) is 6.07 Å². The minimum absolute atomic E-state index is 0.0187. The number of aryl methyl sites for hydroxylation is 1. The van der Waals surface area contributed by atoms with Crippen LogP contribution in [0.2, 0.25) is 5.02 Å². The van der Waals surface area contributed by atoms with E-state index in [4.69, 9.17) is 22.8 Å². The van der Waals surface area contributed by atoms with Gasteiger partial charge in [0.15, 0.2) is 5.69 Å². The minimum atomic E-state index is -4.71. The third kappa shape index (κ3) is 5.26. The number of carboxylic acids is 1. The molecule has 1 N–H and O–H groups in total. The molecule has 2 aromatic heterocycles. The number of ether oxygens (including phenoxy) is 1. The van der Waals surface area contributed by atoms with E-state index in [2.05, 4.69) is 15.9 Å². The summed E-state index contributed by atoms with van der Waals surface area (Å²) in [6.45, 7) is 1.28. The van der Waals surface area contributed by atoms with Crippen LogP contribution in [0.5, 0.6) is 5.75 Å². The first-order valence-electron chi connectivity index (χ1n) is 11.1. The van der Waals surface area contributed by atoms with Crippen molar-refractivity contribution in [1.82, 2.24) is 14.5 Å². The molecule has 0 atom stereocenters. The van der Waals surface area contributed by atoms with Gasteiger partial charge in [0.25, 0.3) is 5.56 Å². The number of carboxylic acid groups (broad SMARTS) is 1. The molecule has 0 saturated heterocycles. The van der Waals surface area contributed by atoms with Crippen molar-refractivity contribution in [1.29, 1.82) is 5.26 Å². The van der Waals surface area contributed by atoms with Crippen LogP contribution in [0.25, 0.3) is 22.0 Å². The molecule has 0 radical (unpaired) electrons. The standard InChI is InChI=1S/C27H16ClF3N4O4/c1-3-18-19(6-7-33-24(18)26(37)38)20-12-17(28)4-5-22(20)39-9-8-35-14(2)34-21-11-16(27(29,30)31)10-15(13-32)23(21)25(35)36/h1,4-7,10-12H,8-9H2,2H3,(H,37,38). The molecule has 0 aliphatic heterocycles. The lowest BCUT2D eigenvalue weighted by Gasteiger charge is -2.16. The van der Waals surface area contributed by atoms with Crippen LogP contribution in [0.4, 0.5) is 13.2 Å². The van der Waals surface area contributed by atoms with Crippen molar-refractivity contribution in [2.45, 2.75) is 19.6 Å². The van der Waals surface area contributed by atoms with Gasteiger partial charge in [0, 0.05) is 22.3 Å². The van der Waals surface area contributed by atoms with E-state index >= 15 is 0 Å². The number of terminal acetylenes is 1. The molecule has 0 unspecified atom stereocenters. The van der Waals surface area contributed by atoms with E-state index in [1.165, 1.54) is 29.8 Å². The summed E-state index contributed by atoms with van der Waals surface area (Å²) in [5, 5.41) is 18.9. The molecule has 12 heteroatoms. The number of halogens is 4. The average Bonchev–Trinajstić information content (AvgIpc) is 2.89. The normalized spacial score (nSPS) is 11.2. The van der Waals surface area contributed by atoms with Crippen molar-refractivity contribution >= 4 is 28.5 Å². The molecule has 0 fully saturated rings. The van der Waals surface area contributed by atoms with E-state index in [0.29, 0.717) is 22.2 Å². The van der Waals surface area contributed by atoms with Gasteiger partial charge in [-0.2, -0.15) is 18.4 Å². The van der Waals surface area contributed by atoms with Gasteiger partial charge in [0.1, 0.15) is 24.3 Å². The second kappa shape index (κ2) is 10.5. The van der Waals surface area contributed by atoms with E-state index in [1.54, 1.807) is 18.2 Å². The Morgan fingerprint density at radius 2 is 1.97 bits per heavy atom. The molecule has 0 amide bonds. The summed E-state index contributed by atoms with van der Waals surface area (Å²) in [6.07, 6.45) is 2.14. The van der Waals surface area contributed by atoms with Gasteiger partial charge in [-0.25, -0.2) is 14.8 Å². The van der Waals surface area contributed by atoms with E-state index in [9.17, 15) is 33.1 Å². The molecular weight excluding hydrogens is 537 g/mol. The Hall–Kier alpha value is -4.87. The van der Waals surface area contributed by atoms with Crippen molar-refractivity contribution in [3.63, 3.8) is 0 Å². The topological polar surface area (TPSA) is 118 Å². The Labute approximate surface area is 223 Å². The number of carbonyl (C=O) groups is 1. The number of hydrogen-bond donors (Lipinski definition) is 1.